The molecule has 0 heterocycles. The predicted molar refractivity (Wildman–Crippen MR) is 71.3 cm³/mol. The topological polar surface area (TPSA) is 46.5 Å². The number of aliphatic hydroxyl groups excluding tert-OH is 1. The lowest BCUT2D eigenvalue weighted by Gasteiger charge is -2.31. The van der Waals surface area contributed by atoms with Gasteiger partial charge in [-0.05, 0) is 24.0 Å². The first-order valence-corrected chi connectivity index (χ1v) is 6.31. The predicted octanol–water partition coefficient (Wildman–Crippen LogP) is 3.03. The van der Waals surface area contributed by atoms with Gasteiger partial charge < -0.3 is 9.84 Å². The van der Waals surface area contributed by atoms with E-state index in [0.717, 1.165) is 0 Å². The molecule has 1 rings (SSSR count). The quantitative estimate of drug-likeness (QED) is 0.660. The van der Waals surface area contributed by atoms with Crippen LogP contribution in [0.1, 0.15) is 34.1 Å². The summed E-state index contributed by atoms with van der Waals surface area (Å²) in [6.45, 7) is 7.62. The molecular formula is C15H22O3. The van der Waals surface area contributed by atoms with Gasteiger partial charge in [-0.1, -0.05) is 45.9 Å². The third-order valence-corrected chi connectivity index (χ3v) is 2.97. The van der Waals surface area contributed by atoms with Crippen molar-refractivity contribution in [2.75, 3.05) is 0 Å². The summed E-state index contributed by atoms with van der Waals surface area (Å²) in [6, 6.07) is 8.94. The standard InChI is InChI=1S/C15H22O3/c1-5-12(13(16)15(2,3)4)14(17)18-11-9-7-6-8-10-11/h6-10,12-13,16H,5H2,1-4H3. The van der Waals surface area contributed by atoms with Crippen LogP contribution >= 0.6 is 0 Å². The van der Waals surface area contributed by atoms with Gasteiger partial charge in [0.1, 0.15) is 5.75 Å². The molecule has 0 saturated heterocycles. The van der Waals surface area contributed by atoms with Crippen molar-refractivity contribution in [2.45, 2.75) is 40.2 Å². The SMILES string of the molecule is CCC(C(=O)Oc1ccccc1)C(O)C(C)(C)C. The highest BCUT2D eigenvalue weighted by Gasteiger charge is 2.35. The van der Waals surface area contributed by atoms with Gasteiger partial charge in [0.2, 0.25) is 0 Å². The zero-order valence-electron chi connectivity index (χ0n) is 11.5. The van der Waals surface area contributed by atoms with Crippen LogP contribution in [0.3, 0.4) is 0 Å². The lowest BCUT2D eigenvalue weighted by Crippen LogP contribution is -2.39. The van der Waals surface area contributed by atoms with Gasteiger partial charge in [-0.3, -0.25) is 4.79 Å². The summed E-state index contributed by atoms with van der Waals surface area (Å²) in [4.78, 5) is 12.0. The molecular weight excluding hydrogens is 228 g/mol. The molecule has 1 aromatic rings. The number of rotatable bonds is 4. The Labute approximate surface area is 109 Å². The summed E-state index contributed by atoms with van der Waals surface area (Å²) in [7, 11) is 0. The van der Waals surface area contributed by atoms with Crippen molar-refractivity contribution in [1.82, 2.24) is 0 Å². The van der Waals surface area contributed by atoms with E-state index in [9.17, 15) is 9.90 Å². The Morgan fingerprint density at radius 2 is 1.83 bits per heavy atom. The first-order valence-electron chi connectivity index (χ1n) is 6.31. The van der Waals surface area contributed by atoms with Crippen molar-refractivity contribution in [2.24, 2.45) is 11.3 Å². The van der Waals surface area contributed by atoms with Gasteiger partial charge >= 0.3 is 5.97 Å². The number of para-hydroxylation sites is 1. The molecule has 0 saturated carbocycles. The molecule has 0 spiro atoms. The Bertz CT molecular complexity index is 378. The van der Waals surface area contributed by atoms with E-state index in [1.807, 2.05) is 45.9 Å². The van der Waals surface area contributed by atoms with Gasteiger partial charge in [0.15, 0.2) is 0 Å². The molecule has 0 aliphatic carbocycles. The average molecular weight is 250 g/mol. The lowest BCUT2D eigenvalue weighted by atomic mass is 9.80. The van der Waals surface area contributed by atoms with Crippen molar-refractivity contribution in [3.8, 4) is 5.75 Å². The number of hydrogen-bond donors (Lipinski definition) is 1. The Hall–Kier alpha value is -1.35. The average Bonchev–Trinajstić information content (AvgIpc) is 2.29. The minimum atomic E-state index is -0.710. The van der Waals surface area contributed by atoms with Crippen LogP contribution < -0.4 is 4.74 Å². The zero-order chi connectivity index (χ0) is 13.8. The summed E-state index contributed by atoms with van der Waals surface area (Å²) in [5.74, 6) is -0.349. The fourth-order valence-electron chi connectivity index (χ4n) is 1.80. The molecule has 0 fully saturated rings. The van der Waals surface area contributed by atoms with Gasteiger partial charge in [0.05, 0.1) is 12.0 Å². The van der Waals surface area contributed by atoms with Crippen LogP contribution in [0, 0.1) is 11.3 Å². The second kappa shape index (κ2) is 6.01. The molecule has 3 heteroatoms. The molecule has 0 amide bonds. The Morgan fingerprint density at radius 1 is 1.28 bits per heavy atom. The number of aliphatic hydroxyl groups is 1. The maximum atomic E-state index is 12.0. The summed E-state index contributed by atoms with van der Waals surface area (Å²) in [5, 5.41) is 10.2. The van der Waals surface area contributed by atoms with Crippen molar-refractivity contribution in [3.63, 3.8) is 0 Å². The summed E-state index contributed by atoms with van der Waals surface area (Å²) < 4.78 is 5.28. The largest absolute Gasteiger partial charge is 0.426 e. The molecule has 0 aliphatic rings. The van der Waals surface area contributed by atoms with E-state index in [-0.39, 0.29) is 11.4 Å². The maximum absolute atomic E-state index is 12.0. The maximum Gasteiger partial charge on any atom is 0.316 e. The van der Waals surface area contributed by atoms with Gasteiger partial charge in [-0.15, -0.1) is 0 Å². The molecule has 3 nitrogen and oxygen atoms in total. The fraction of sp³-hybridized carbons (Fsp3) is 0.533. The van der Waals surface area contributed by atoms with Crippen LogP contribution in [-0.4, -0.2) is 17.2 Å². The summed E-state index contributed by atoms with van der Waals surface area (Å²) in [6.07, 6.45) is -0.150. The molecule has 0 radical (unpaired) electrons. The molecule has 0 aromatic heterocycles. The van der Waals surface area contributed by atoms with Crippen LogP contribution in [0.4, 0.5) is 0 Å². The first kappa shape index (κ1) is 14.7. The number of ether oxygens (including phenoxy) is 1. The molecule has 2 atom stereocenters. The fourth-order valence-corrected chi connectivity index (χ4v) is 1.80. The first-order chi connectivity index (χ1) is 8.36. The second-order valence-electron chi connectivity index (χ2n) is 5.56. The van der Waals surface area contributed by atoms with E-state index >= 15 is 0 Å². The van der Waals surface area contributed by atoms with Crippen molar-refractivity contribution in [1.29, 1.82) is 0 Å². The Balaban J connectivity index is 2.75. The second-order valence-corrected chi connectivity index (χ2v) is 5.56. The molecule has 100 valence electrons. The molecule has 1 N–H and O–H groups in total. The van der Waals surface area contributed by atoms with Gasteiger partial charge in [-0.25, -0.2) is 0 Å². The van der Waals surface area contributed by atoms with E-state index in [4.69, 9.17) is 4.74 Å². The van der Waals surface area contributed by atoms with E-state index in [1.54, 1.807) is 12.1 Å². The Kier molecular flexibility index (Phi) is 4.91. The minimum absolute atomic E-state index is 0.337. The van der Waals surface area contributed by atoms with E-state index < -0.39 is 12.0 Å². The highest BCUT2D eigenvalue weighted by Crippen LogP contribution is 2.28. The van der Waals surface area contributed by atoms with E-state index in [1.165, 1.54) is 0 Å². The normalized spacial score (nSPS) is 14.9. The van der Waals surface area contributed by atoms with Crippen LogP contribution in [0.15, 0.2) is 30.3 Å². The van der Waals surface area contributed by atoms with E-state index in [2.05, 4.69) is 0 Å². The molecule has 0 bridgehead atoms. The van der Waals surface area contributed by atoms with Crippen molar-refractivity contribution >= 4 is 5.97 Å². The van der Waals surface area contributed by atoms with Gasteiger partial charge in [0.25, 0.3) is 0 Å². The van der Waals surface area contributed by atoms with Crippen LogP contribution in [0.25, 0.3) is 0 Å². The summed E-state index contributed by atoms with van der Waals surface area (Å²) in [5.41, 5.74) is -0.337. The number of carbonyl (C=O) groups is 1. The molecule has 1 aromatic carbocycles. The lowest BCUT2D eigenvalue weighted by molar-refractivity contribution is -0.146. The number of hydrogen-bond acceptors (Lipinski definition) is 3. The van der Waals surface area contributed by atoms with Crippen molar-refractivity contribution < 1.29 is 14.6 Å². The highest BCUT2D eigenvalue weighted by atomic mass is 16.5. The van der Waals surface area contributed by atoms with Gasteiger partial charge in [0, 0.05) is 0 Å². The van der Waals surface area contributed by atoms with Crippen LogP contribution in [0.2, 0.25) is 0 Å². The van der Waals surface area contributed by atoms with Gasteiger partial charge in [-0.2, -0.15) is 0 Å². The third-order valence-electron chi connectivity index (χ3n) is 2.97. The summed E-state index contributed by atoms with van der Waals surface area (Å²) >= 11 is 0. The smallest absolute Gasteiger partial charge is 0.316 e. The van der Waals surface area contributed by atoms with Crippen LogP contribution in [-0.2, 0) is 4.79 Å². The number of esters is 1. The Morgan fingerprint density at radius 3 is 2.28 bits per heavy atom. The monoisotopic (exact) mass is 250 g/mol. The number of carbonyl (C=O) groups excluding carboxylic acids is 1. The molecule has 0 aliphatic heterocycles. The van der Waals surface area contributed by atoms with E-state index in [0.29, 0.717) is 12.2 Å². The minimum Gasteiger partial charge on any atom is -0.426 e. The van der Waals surface area contributed by atoms with Crippen LogP contribution in [0.5, 0.6) is 5.75 Å². The molecule has 18 heavy (non-hydrogen) atoms. The highest BCUT2D eigenvalue weighted by molar-refractivity contribution is 5.75. The molecule has 2 unspecified atom stereocenters. The third kappa shape index (κ3) is 3.84. The zero-order valence-corrected chi connectivity index (χ0v) is 11.5. The van der Waals surface area contributed by atoms with Crippen molar-refractivity contribution in [3.05, 3.63) is 30.3 Å². The number of benzene rings is 1.